The van der Waals surface area contributed by atoms with Gasteiger partial charge in [-0.15, -0.1) is 0 Å². The van der Waals surface area contributed by atoms with Crippen molar-refractivity contribution in [3.63, 3.8) is 0 Å². The van der Waals surface area contributed by atoms with Crippen molar-refractivity contribution in [2.24, 2.45) is 11.8 Å². The molecule has 1 aliphatic rings. The van der Waals surface area contributed by atoms with Crippen LogP contribution in [0.5, 0.6) is 0 Å². The lowest BCUT2D eigenvalue weighted by Crippen LogP contribution is -2.41. The summed E-state index contributed by atoms with van der Waals surface area (Å²) in [4.78, 5) is 0. The van der Waals surface area contributed by atoms with Gasteiger partial charge in [-0.05, 0) is 26.2 Å². The van der Waals surface area contributed by atoms with Gasteiger partial charge in [0.2, 0.25) is 0 Å². The highest BCUT2D eigenvalue weighted by molar-refractivity contribution is 4.80. The van der Waals surface area contributed by atoms with E-state index >= 15 is 0 Å². The molecule has 1 aliphatic heterocycles. The number of hydrogen-bond acceptors (Lipinski definition) is 4. The van der Waals surface area contributed by atoms with Gasteiger partial charge in [0.1, 0.15) is 0 Å². The summed E-state index contributed by atoms with van der Waals surface area (Å²) in [6, 6.07) is 0.370. The summed E-state index contributed by atoms with van der Waals surface area (Å²) in [6.45, 7) is 3.76. The highest BCUT2D eigenvalue weighted by Crippen LogP contribution is 2.24. The van der Waals surface area contributed by atoms with Gasteiger partial charge in [0, 0.05) is 25.7 Å². The first kappa shape index (κ1) is 11.9. The van der Waals surface area contributed by atoms with E-state index in [0.29, 0.717) is 18.1 Å². The van der Waals surface area contributed by atoms with Gasteiger partial charge in [-0.2, -0.15) is 0 Å². The number of ether oxygens (including phenoxy) is 2. The second-order valence-corrected chi connectivity index (χ2v) is 4.05. The van der Waals surface area contributed by atoms with E-state index in [1.807, 2.05) is 0 Å². The van der Waals surface area contributed by atoms with Gasteiger partial charge in [-0.25, -0.2) is 0 Å². The van der Waals surface area contributed by atoms with Crippen LogP contribution in [-0.4, -0.2) is 32.5 Å². The quantitative estimate of drug-likeness (QED) is 0.377. The zero-order chi connectivity index (χ0) is 10.4. The van der Waals surface area contributed by atoms with Crippen molar-refractivity contribution in [1.29, 1.82) is 0 Å². The van der Waals surface area contributed by atoms with Gasteiger partial charge in [0.25, 0.3) is 0 Å². The molecule has 0 saturated carbocycles. The Bertz CT molecular complexity index is 155. The van der Waals surface area contributed by atoms with Crippen molar-refractivity contribution in [3.8, 4) is 0 Å². The fourth-order valence-corrected chi connectivity index (χ4v) is 2.03. The average Bonchev–Trinajstić information content (AvgIpc) is 2.60. The van der Waals surface area contributed by atoms with Crippen LogP contribution in [0.1, 0.15) is 26.2 Å². The summed E-state index contributed by atoms with van der Waals surface area (Å²) < 4.78 is 10.5. The van der Waals surface area contributed by atoms with Crippen molar-refractivity contribution >= 4 is 0 Å². The number of rotatable bonds is 6. The molecular weight excluding hydrogens is 180 g/mol. The van der Waals surface area contributed by atoms with Crippen LogP contribution in [0.15, 0.2) is 0 Å². The summed E-state index contributed by atoms with van der Waals surface area (Å²) in [7, 11) is 1.73. The van der Waals surface area contributed by atoms with Gasteiger partial charge in [-0.3, -0.25) is 11.3 Å². The molecule has 0 aromatic carbocycles. The molecule has 0 bridgehead atoms. The highest BCUT2D eigenvalue weighted by atomic mass is 16.5. The van der Waals surface area contributed by atoms with Gasteiger partial charge in [-0.1, -0.05) is 0 Å². The predicted octanol–water partition coefficient (Wildman–Crippen LogP) is 0.670. The van der Waals surface area contributed by atoms with E-state index in [0.717, 1.165) is 32.5 Å². The van der Waals surface area contributed by atoms with Crippen LogP contribution in [0.25, 0.3) is 0 Å². The maximum atomic E-state index is 5.53. The molecule has 0 radical (unpaired) electrons. The molecule has 3 unspecified atom stereocenters. The number of hydrazine groups is 1. The van der Waals surface area contributed by atoms with E-state index in [1.165, 1.54) is 0 Å². The number of methoxy groups -OCH3 is 1. The molecule has 1 saturated heterocycles. The van der Waals surface area contributed by atoms with E-state index in [-0.39, 0.29) is 0 Å². The highest BCUT2D eigenvalue weighted by Gasteiger charge is 2.28. The summed E-state index contributed by atoms with van der Waals surface area (Å²) in [5, 5.41) is 0. The molecule has 4 nitrogen and oxygen atoms in total. The first-order valence-electron chi connectivity index (χ1n) is 5.34. The Hall–Kier alpha value is -0.160. The average molecular weight is 202 g/mol. The third-order valence-corrected chi connectivity index (χ3v) is 2.88. The van der Waals surface area contributed by atoms with Crippen LogP contribution in [0.3, 0.4) is 0 Å². The normalized spacial score (nSPS) is 29.4. The van der Waals surface area contributed by atoms with Gasteiger partial charge >= 0.3 is 0 Å². The van der Waals surface area contributed by atoms with Gasteiger partial charge in [0.15, 0.2) is 0 Å². The van der Waals surface area contributed by atoms with Crippen LogP contribution in [0.2, 0.25) is 0 Å². The minimum absolute atomic E-state index is 0.370. The Balaban J connectivity index is 2.23. The smallest absolute Gasteiger partial charge is 0.0551 e. The summed E-state index contributed by atoms with van der Waals surface area (Å²) >= 11 is 0. The molecule has 1 fully saturated rings. The molecule has 0 aromatic heterocycles. The van der Waals surface area contributed by atoms with E-state index in [9.17, 15) is 0 Å². The fourth-order valence-electron chi connectivity index (χ4n) is 2.03. The second kappa shape index (κ2) is 6.35. The molecule has 1 rings (SSSR count). The third-order valence-electron chi connectivity index (χ3n) is 2.88. The van der Waals surface area contributed by atoms with E-state index in [2.05, 4.69) is 12.3 Å². The summed E-state index contributed by atoms with van der Waals surface area (Å²) in [5.74, 6) is 6.10. The molecule has 0 amide bonds. The Morgan fingerprint density at radius 2 is 2.43 bits per heavy atom. The lowest BCUT2D eigenvalue weighted by atomic mass is 9.94. The lowest BCUT2D eigenvalue weighted by Gasteiger charge is -2.21. The minimum Gasteiger partial charge on any atom is -0.385 e. The standard InChI is InChI=1S/C10H22N2O2/c1-8-6-9(7-14-8)10(12-11)4-3-5-13-2/h8-10,12H,3-7,11H2,1-2H3. The number of nitrogens with one attached hydrogen (secondary N) is 1. The fraction of sp³-hybridized carbons (Fsp3) is 1.00. The Morgan fingerprint density at radius 1 is 1.64 bits per heavy atom. The zero-order valence-electron chi connectivity index (χ0n) is 9.16. The Labute approximate surface area is 86.1 Å². The maximum absolute atomic E-state index is 5.53. The summed E-state index contributed by atoms with van der Waals surface area (Å²) in [5.41, 5.74) is 2.89. The molecule has 0 aromatic rings. The lowest BCUT2D eigenvalue weighted by molar-refractivity contribution is 0.115. The van der Waals surface area contributed by atoms with E-state index < -0.39 is 0 Å². The second-order valence-electron chi connectivity index (χ2n) is 4.05. The first-order valence-corrected chi connectivity index (χ1v) is 5.34. The van der Waals surface area contributed by atoms with Crippen LogP contribution in [-0.2, 0) is 9.47 Å². The minimum atomic E-state index is 0.370. The van der Waals surface area contributed by atoms with Crippen molar-refractivity contribution in [3.05, 3.63) is 0 Å². The van der Waals surface area contributed by atoms with Crippen molar-refractivity contribution in [1.82, 2.24) is 5.43 Å². The Kier molecular flexibility index (Phi) is 5.40. The monoisotopic (exact) mass is 202 g/mol. The molecule has 1 heterocycles. The van der Waals surface area contributed by atoms with Crippen LogP contribution in [0.4, 0.5) is 0 Å². The molecule has 3 atom stereocenters. The van der Waals surface area contributed by atoms with E-state index in [4.69, 9.17) is 15.3 Å². The number of nitrogens with two attached hydrogens (primary N) is 1. The van der Waals surface area contributed by atoms with Crippen LogP contribution >= 0.6 is 0 Å². The predicted molar refractivity (Wildman–Crippen MR) is 55.7 cm³/mol. The third kappa shape index (κ3) is 3.53. The summed E-state index contributed by atoms with van der Waals surface area (Å²) in [6.07, 6.45) is 3.61. The SMILES string of the molecule is COCCCC(NN)C1COC(C)C1. The topological polar surface area (TPSA) is 56.5 Å². The van der Waals surface area contributed by atoms with E-state index in [1.54, 1.807) is 7.11 Å². The van der Waals surface area contributed by atoms with Gasteiger partial charge < -0.3 is 9.47 Å². The molecule has 14 heavy (non-hydrogen) atoms. The van der Waals surface area contributed by atoms with Crippen LogP contribution < -0.4 is 11.3 Å². The molecule has 0 aliphatic carbocycles. The largest absolute Gasteiger partial charge is 0.385 e. The van der Waals surface area contributed by atoms with Crippen molar-refractivity contribution in [2.45, 2.75) is 38.3 Å². The Morgan fingerprint density at radius 3 is 2.93 bits per heavy atom. The molecular formula is C10H22N2O2. The van der Waals surface area contributed by atoms with Crippen molar-refractivity contribution < 1.29 is 9.47 Å². The molecule has 3 N–H and O–H groups in total. The maximum Gasteiger partial charge on any atom is 0.0551 e. The molecule has 4 heteroatoms. The van der Waals surface area contributed by atoms with Crippen molar-refractivity contribution in [2.75, 3.05) is 20.3 Å². The van der Waals surface area contributed by atoms with Gasteiger partial charge in [0.05, 0.1) is 12.7 Å². The van der Waals surface area contributed by atoms with Crippen LogP contribution in [0, 0.1) is 5.92 Å². The number of hydrogen-bond donors (Lipinski definition) is 2. The first-order chi connectivity index (χ1) is 6.77. The molecule has 84 valence electrons. The zero-order valence-corrected chi connectivity index (χ0v) is 9.16. The molecule has 0 spiro atoms.